The fourth-order valence-corrected chi connectivity index (χ4v) is 3.56. The molecule has 0 amide bonds. The van der Waals surface area contributed by atoms with Crippen LogP contribution in [-0.4, -0.2) is 31.0 Å². The van der Waals surface area contributed by atoms with Crippen molar-refractivity contribution < 1.29 is 9.84 Å². The molecule has 122 valence electrons. The zero-order valence-corrected chi connectivity index (χ0v) is 15.5. The number of halogens is 1. The van der Waals surface area contributed by atoms with Crippen molar-refractivity contribution in [3.63, 3.8) is 0 Å². The Kier molecular flexibility index (Phi) is 10.6. The van der Waals surface area contributed by atoms with Crippen LogP contribution in [-0.2, 0) is 11.3 Å². The van der Waals surface area contributed by atoms with Crippen molar-refractivity contribution in [2.24, 2.45) is 5.92 Å². The predicted octanol–water partition coefficient (Wildman–Crippen LogP) is 4.19. The Balaban J connectivity index is 2.06. The van der Waals surface area contributed by atoms with Gasteiger partial charge in [0, 0.05) is 34.4 Å². The molecule has 1 aromatic rings. The lowest BCUT2D eigenvalue weighted by atomic mass is 10.0. The number of ether oxygens (including phenoxy) is 1. The number of rotatable bonds is 12. The largest absolute Gasteiger partial charge is 0.389 e. The van der Waals surface area contributed by atoms with Crippen LogP contribution in [0.5, 0.6) is 0 Å². The van der Waals surface area contributed by atoms with Gasteiger partial charge in [0.05, 0.1) is 12.7 Å². The molecule has 2 atom stereocenters. The van der Waals surface area contributed by atoms with E-state index in [4.69, 9.17) is 4.74 Å². The SMILES string of the molecule is CCCCC(CC)COCC(O)CNCc1cc(Br)cs1. The van der Waals surface area contributed by atoms with Gasteiger partial charge in [-0.1, -0.05) is 33.1 Å². The summed E-state index contributed by atoms with van der Waals surface area (Å²) in [5, 5.41) is 15.2. The number of hydrogen-bond acceptors (Lipinski definition) is 4. The molecular formula is C16H28BrNO2S. The molecule has 0 aliphatic heterocycles. The number of aliphatic hydroxyl groups excluding tert-OH is 1. The van der Waals surface area contributed by atoms with Crippen molar-refractivity contribution in [1.29, 1.82) is 0 Å². The van der Waals surface area contributed by atoms with E-state index >= 15 is 0 Å². The highest BCUT2D eigenvalue weighted by molar-refractivity contribution is 9.10. The lowest BCUT2D eigenvalue weighted by Crippen LogP contribution is -2.30. The molecular weight excluding hydrogens is 350 g/mol. The van der Waals surface area contributed by atoms with Gasteiger partial charge in [-0.2, -0.15) is 0 Å². The molecule has 0 radical (unpaired) electrons. The third-order valence-corrected chi connectivity index (χ3v) is 5.21. The number of thiophene rings is 1. The molecule has 21 heavy (non-hydrogen) atoms. The minimum Gasteiger partial charge on any atom is -0.389 e. The molecule has 0 aliphatic carbocycles. The molecule has 5 heteroatoms. The van der Waals surface area contributed by atoms with Gasteiger partial charge >= 0.3 is 0 Å². The van der Waals surface area contributed by atoms with Gasteiger partial charge in [0.2, 0.25) is 0 Å². The van der Waals surface area contributed by atoms with Crippen LogP contribution in [0.4, 0.5) is 0 Å². The summed E-state index contributed by atoms with van der Waals surface area (Å²) in [6.07, 6.45) is 4.46. The smallest absolute Gasteiger partial charge is 0.0897 e. The Morgan fingerprint density at radius 2 is 2.19 bits per heavy atom. The first kappa shape index (κ1) is 19.1. The molecule has 1 rings (SSSR count). The molecule has 1 aromatic heterocycles. The highest BCUT2D eigenvalue weighted by Crippen LogP contribution is 2.19. The Labute approximate surface area is 141 Å². The second-order valence-electron chi connectivity index (χ2n) is 5.47. The average Bonchev–Trinajstić information content (AvgIpc) is 2.88. The van der Waals surface area contributed by atoms with Crippen molar-refractivity contribution >= 4 is 27.3 Å². The Bertz CT molecular complexity index is 373. The number of hydrogen-bond donors (Lipinski definition) is 2. The summed E-state index contributed by atoms with van der Waals surface area (Å²) < 4.78 is 6.77. The minimum absolute atomic E-state index is 0.420. The van der Waals surface area contributed by atoms with Gasteiger partial charge in [0.1, 0.15) is 0 Å². The van der Waals surface area contributed by atoms with Crippen LogP contribution in [0.3, 0.4) is 0 Å². The summed E-state index contributed by atoms with van der Waals surface area (Å²) in [6, 6.07) is 2.10. The van der Waals surface area contributed by atoms with Crippen LogP contribution in [0.2, 0.25) is 0 Å². The maximum absolute atomic E-state index is 9.90. The van der Waals surface area contributed by atoms with Gasteiger partial charge in [-0.25, -0.2) is 0 Å². The van der Waals surface area contributed by atoms with Crippen LogP contribution in [0.25, 0.3) is 0 Å². The van der Waals surface area contributed by atoms with E-state index < -0.39 is 6.10 Å². The quantitative estimate of drug-likeness (QED) is 0.573. The molecule has 0 aromatic carbocycles. The first-order valence-electron chi connectivity index (χ1n) is 7.85. The fraction of sp³-hybridized carbons (Fsp3) is 0.750. The maximum atomic E-state index is 9.90. The van der Waals surface area contributed by atoms with E-state index in [0.29, 0.717) is 19.1 Å². The van der Waals surface area contributed by atoms with Gasteiger partial charge in [0.15, 0.2) is 0 Å². The second kappa shape index (κ2) is 11.6. The van der Waals surface area contributed by atoms with E-state index in [1.54, 1.807) is 11.3 Å². The Morgan fingerprint density at radius 1 is 1.38 bits per heavy atom. The lowest BCUT2D eigenvalue weighted by Gasteiger charge is -2.17. The molecule has 0 spiro atoms. The van der Waals surface area contributed by atoms with E-state index in [1.807, 2.05) is 0 Å². The normalized spacial score (nSPS) is 14.3. The average molecular weight is 378 g/mol. The standard InChI is InChI=1S/C16H28BrNO2S/c1-3-5-6-13(4-2)10-20-11-15(19)8-18-9-16-7-14(17)12-21-16/h7,12-13,15,18-19H,3-6,8-11H2,1-2H3. The molecule has 0 saturated carbocycles. The van der Waals surface area contributed by atoms with E-state index in [0.717, 1.165) is 24.0 Å². The molecule has 1 heterocycles. The van der Waals surface area contributed by atoms with Crippen molar-refractivity contribution in [2.45, 2.75) is 52.2 Å². The van der Waals surface area contributed by atoms with Gasteiger partial charge in [-0.3, -0.25) is 0 Å². The maximum Gasteiger partial charge on any atom is 0.0897 e. The van der Waals surface area contributed by atoms with Crippen LogP contribution < -0.4 is 5.32 Å². The Hall–Kier alpha value is 0.0600. The lowest BCUT2D eigenvalue weighted by molar-refractivity contribution is 0.0193. The van der Waals surface area contributed by atoms with Crippen LogP contribution in [0.1, 0.15) is 44.4 Å². The Morgan fingerprint density at radius 3 is 2.81 bits per heavy atom. The zero-order valence-electron chi connectivity index (χ0n) is 13.1. The molecule has 0 bridgehead atoms. The summed E-state index contributed by atoms with van der Waals surface area (Å²) in [5.41, 5.74) is 0. The third-order valence-electron chi connectivity index (χ3n) is 3.51. The predicted molar refractivity (Wildman–Crippen MR) is 93.9 cm³/mol. The zero-order chi connectivity index (χ0) is 15.5. The number of aliphatic hydroxyl groups is 1. The monoisotopic (exact) mass is 377 g/mol. The third kappa shape index (κ3) is 8.94. The molecule has 0 aliphatic rings. The molecule has 0 fully saturated rings. The van der Waals surface area contributed by atoms with Crippen molar-refractivity contribution in [3.8, 4) is 0 Å². The van der Waals surface area contributed by atoms with Crippen molar-refractivity contribution in [3.05, 3.63) is 20.8 Å². The first-order chi connectivity index (χ1) is 10.2. The highest BCUT2D eigenvalue weighted by Gasteiger charge is 2.09. The molecule has 2 unspecified atom stereocenters. The highest BCUT2D eigenvalue weighted by atomic mass is 79.9. The van der Waals surface area contributed by atoms with E-state index in [-0.39, 0.29) is 0 Å². The minimum atomic E-state index is -0.433. The van der Waals surface area contributed by atoms with E-state index in [9.17, 15) is 5.11 Å². The molecule has 3 nitrogen and oxygen atoms in total. The second-order valence-corrected chi connectivity index (χ2v) is 7.38. The van der Waals surface area contributed by atoms with Crippen molar-refractivity contribution in [2.75, 3.05) is 19.8 Å². The summed E-state index contributed by atoms with van der Waals surface area (Å²) in [6.45, 7) is 6.98. The summed E-state index contributed by atoms with van der Waals surface area (Å²) in [7, 11) is 0. The van der Waals surface area contributed by atoms with E-state index in [1.165, 1.54) is 24.1 Å². The molecule has 2 N–H and O–H groups in total. The van der Waals surface area contributed by atoms with Gasteiger partial charge in [0.25, 0.3) is 0 Å². The number of unbranched alkanes of at least 4 members (excludes halogenated alkanes) is 1. The summed E-state index contributed by atoms with van der Waals surface area (Å²) >= 11 is 5.15. The number of nitrogens with one attached hydrogen (secondary N) is 1. The van der Waals surface area contributed by atoms with E-state index in [2.05, 4.69) is 46.5 Å². The summed E-state index contributed by atoms with van der Waals surface area (Å²) in [4.78, 5) is 1.26. The van der Waals surface area contributed by atoms with Gasteiger partial charge in [-0.05, 0) is 34.3 Å². The van der Waals surface area contributed by atoms with Crippen LogP contribution >= 0.6 is 27.3 Å². The van der Waals surface area contributed by atoms with Crippen LogP contribution in [0.15, 0.2) is 15.9 Å². The molecule has 0 saturated heterocycles. The van der Waals surface area contributed by atoms with Crippen molar-refractivity contribution in [1.82, 2.24) is 5.32 Å². The topological polar surface area (TPSA) is 41.5 Å². The summed E-state index contributed by atoms with van der Waals surface area (Å²) in [5.74, 6) is 0.633. The van der Waals surface area contributed by atoms with Crippen LogP contribution in [0, 0.1) is 5.92 Å². The fourth-order valence-electron chi connectivity index (χ4n) is 2.14. The van der Waals surface area contributed by atoms with Gasteiger partial charge < -0.3 is 15.2 Å². The van der Waals surface area contributed by atoms with Gasteiger partial charge in [-0.15, -0.1) is 11.3 Å². The first-order valence-corrected chi connectivity index (χ1v) is 9.52.